The second-order valence-electron chi connectivity index (χ2n) is 6.73. The molecule has 1 fully saturated rings. The molecule has 27 heavy (non-hydrogen) atoms. The Morgan fingerprint density at radius 2 is 1.89 bits per heavy atom. The van der Waals surface area contributed by atoms with Crippen LogP contribution in [0, 0.1) is 0 Å². The van der Waals surface area contributed by atoms with Crippen molar-refractivity contribution in [2.75, 3.05) is 5.32 Å². The standard InChI is InChI=1S/C19H21NO6S/c21-18(17-10-14(11-26-17)19(22)23)20-15-6-4-5-13(9-15)12-27(24,25)16-7-2-1-3-8-16/h4-6,9-11,16H,1-3,7-8,12H2,(H,20,21)(H,22,23). The minimum atomic E-state index is -3.24. The molecule has 0 unspecified atom stereocenters. The zero-order chi connectivity index (χ0) is 19.4. The van der Waals surface area contributed by atoms with Gasteiger partial charge in [-0.15, -0.1) is 0 Å². The van der Waals surface area contributed by atoms with Crippen LogP contribution in [0.25, 0.3) is 0 Å². The van der Waals surface area contributed by atoms with Gasteiger partial charge >= 0.3 is 5.97 Å². The SMILES string of the molecule is O=C(O)c1coc(C(=O)Nc2cccc(CS(=O)(=O)C3CCCCC3)c2)c1. The molecule has 1 aromatic carbocycles. The number of amides is 1. The quantitative estimate of drug-likeness (QED) is 0.779. The molecule has 1 aliphatic carbocycles. The van der Waals surface area contributed by atoms with Crippen LogP contribution in [-0.4, -0.2) is 30.7 Å². The van der Waals surface area contributed by atoms with Crippen molar-refractivity contribution < 1.29 is 27.5 Å². The highest BCUT2D eigenvalue weighted by atomic mass is 32.2. The summed E-state index contributed by atoms with van der Waals surface area (Å²) in [5, 5.41) is 11.2. The predicted octanol–water partition coefficient (Wildman–Crippen LogP) is 3.48. The number of benzene rings is 1. The van der Waals surface area contributed by atoms with Crippen molar-refractivity contribution in [3.63, 3.8) is 0 Å². The highest BCUT2D eigenvalue weighted by Gasteiger charge is 2.27. The minimum Gasteiger partial charge on any atom is -0.478 e. The van der Waals surface area contributed by atoms with E-state index in [0.29, 0.717) is 24.1 Å². The number of hydrogen-bond acceptors (Lipinski definition) is 5. The summed E-state index contributed by atoms with van der Waals surface area (Å²) < 4.78 is 30.2. The molecule has 0 bridgehead atoms. The van der Waals surface area contributed by atoms with E-state index in [4.69, 9.17) is 9.52 Å². The first-order valence-electron chi connectivity index (χ1n) is 8.79. The van der Waals surface area contributed by atoms with E-state index in [2.05, 4.69) is 5.32 Å². The molecule has 1 aromatic heterocycles. The number of carboxylic acid groups (broad SMARTS) is 1. The molecule has 2 N–H and O–H groups in total. The van der Waals surface area contributed by atoms with E-state index in [1.165, 1.54) is 0 Å². The van der Waals surface area contributed by atoms with Crippen molar-refractivity contribution in [2.45, 2.75) is 43.1 Å². The van der Waals surface area contributed by atoms with Crippen molar-refractivity contribution in [1.82, 2.24) is 0 Å². The molecule has 0 spiro atoms. The van der Waals surface area contributed by atoms with E-state index < -0.39 is 21.7 Å². The molecule has 1 saturated carbocycles. The molecule has 3 rings (SSSR count). The normalized spacial score (nSPS) is 15.4. The molecular formula is C19H21NO6S. The van der Waals surface area contributed by atoms with Crippen LogP contribution in [0.4, 0.5) is 5.69 Å². The third kappa shape index (κ3) is 4.77. The summed E-state index contributed by atoms with van der Waals surface area (Å²) in [7, 11) is -3.24. The van der Waals surface area contributed by atoms with Crippen LogP contribution in [0.2, 0.25) is 0 Å². The van der Waals surface area contributed by atoms with Gasteiger partial charge in [0, 0.05) is 11.8 Å². The van der Waals surface area contributed by atoms with Crippen molar-refractivity contribution in [3.05, 3.63) is 53.5 Å². The highest BCUT2D eigenvalue weighted by Crippen LogP contribution is 2.26. The molecule has 0 saturated heterocycles. The maximum Gasteiger partial charge on any atom is 0.338 e. The minimum absolute atomic E-state index is 0.0642. The summed E-state index contributed by atoms with van der Waals surface area (Å²) in [6.45, 7) is 0. The fraction of sp³-hybridized carbons (Fsp3) is 0.368. The number of carbonyl (C=O) groups excluding carboxylic acids is 1. The number of hydrogen-bond donors (Lipinski definition) is 2. The van der Waals surface area contributed by atoms with E-state index in [1.807, 2.05) is 0 Å². The molecule has 2 aromatic rings. The van der Waals surface area contributed by atoms with Gasteiger partial charge in [0.2, 0.25) is 0 Å². The van der Waals surface area contributed by atoms with Gasteiger partial charge in [-0.05, 0) is 30.5 Å². The van der Waals surface area contributed by atoms with Crippen LogP contribution in [0.1, 0.15) is 58.6 Å². The van der Waals surface area contributed by atoms with Gasteiger partial charge in [-0.1, -0.05) is 31.4 Å². The number of sulfone groups is 1. The lowest BCUT2D eigenvalue weighted by molar-refractivity contribution is 0.0696. The topological polar surface area (TPSA) is 114 Å². The van der Waals surface area contributed by atoms with E-state index in [-0.39, 0.29) is 22.3 Å². The third-order valence-electron chi connectivity index (χ3n) is 4.68. The Balaban J connectivity index is 1.69. The Morgan fingerprint density at radius 1 is 1.15 bits per heavy atom. The number of anilines is 1. The average molecular weight is 391 g/mol. The van der Waals surface area contributed by atoms with Crippen molar-refractivity contribution in [3.8, 4) is 0 Å². The van der Waals surface area contributed by atoms with E-state index in [0.717, 1.165) is 31.6 Å². The summed E-state index contributed by atoms with van der Waals surface area (Å²) >= 11 is 0. The molecular weight excluding hydrogens is 370 g/mol. The van der Waals surface area contributed by atoms with Crippen molar-refractivity contribution in [2.24, 2.45) is 0 Å². The third-order valence-corrected chi connectivity index (χ3v) is 6.91. The Morgan fingerprint density at radius 3 is 2.56 bits per heavy atom. The predicted molar refractivity (Wildman–Crippen MR) is 99.6 cm³/mol. The van der Waals surface area contributed by atoms with Gasteiger partial charge in [0.05, 0.1) is 16.6 Å². The van der Waals surface area contributed by atoms with Crippen LogP contribution in [0.3, 0.4) is 0 Å². The van der Waals surface area contributed by atoms with Crippen LogP contribution < -0.4 is 5.32 Å². The maximum atomic E-state index is 12.6. The Bertz CT molecular complexity index is 941. The van der Waals surface area contributed by atoms with Crippen molar-refractivity contribution in [1.29, 1.82) is 0 Å². The number of rotatable bonds is 6. The van der Waals surface area contributed by atoms with Gasteiger partial charge < -0.3 is 14.8 Å². The zero-order valence-electron chi connectivity index (χ0n) is 14.7. The van der Waals surface area contributed by atoms with Crippen LogP contribution in [-0.2, 0) is 15.6 Å². The van der Waals surface area contributed by atoms with Crippen LogP contribution in [0.5, 0.6) is 0 Å². The zero-order valence-corrected chi connectivity index (χ0v) is 15.5. The monoisotopic (exact) mass is 391 g/mol. The van der Waals surface area contributed by atoms with Crippen LogP contribution in [0.15, 0.2) is 41.0 Å². The largest absolute Gasteiger partial charge is 0.478 e. The summed E-state index contributed by atoms with van der Waals surface area (Å²) in [6, 6.07) is 7.77. The fourth-order valence-corrected chi connectivity index (χ4v) is 5.20. The lowest BCUT2D eigenvalue weighted by Gasteiger charge is -2.21. The first kappa shape index (κ1) is 19.2. The molecule has 144 valence electrons. The summed E-state index contributed by atoms with van der Waals surface area (Å²) in [6.07, 6.45) is 5.39. The summed E-state index contributed by atoms with van der Waals surface area (Å²) in [5.41, 5.74) is 0.904. The van der Waals surface area contributed by atoms with Crippen LogP contribution >= 0.6 is 0 Å². The lowest BCUT2D eigenvalue weighted by Crippen LogP contribution is -2.25. The summed E-state index contributed by atoms with van der Waals surface area (Å²) in [5.74, 6) is -1.99. The Hall–Kier alpha value is -2.61. The average Bonchev–Trinajstić information content (AvgIpc) is 3.13. The van der Waals surface area contributed by atoms with E-state index >= 15 is 0 Å². The maximum absolute atomic E-state index is 12.6. The Kier molecular flexibility index (Phi) is 5.65. The lowest BCUT2D eigenvalue weighted by atomic mass is 10.0. The second-order valence-corrected chi connectivity index (χ2v) is 9.01. The molecule has 0 radical (unpaired) electrons. The molecule has 1 amide bonds. The fourth-order valence-electron chi connectivity index (χ4n) is 3.27. The number of carbonyl (C=O) groups is 2. The van der Waals surface area contributed by atoms with E-state index in [1.54, 1.807) is 24.3 Å². The number of aromatic carboxylic acids is 1. The van der Waals surface area contributed by atoms with Gasteiger partial charge in [0.25, 0.3) is 5.91 Å². The molecule has 1 aliphatic rings. The first-order chi connectivity index (χ1) is 12.8. The van der Waals surface area contributed by atoms with Gasteiger partial charge in [-0.3, -0.25) is 4.79 Å². The number of nitrogens with one attached hydrogen (secondary N) is 1. The smallest absolute Gasteiger partial charge is 0.338 e. The van der Waals surface area contributed by atoms with E-state index in [9.17, 15) is 18.0 Å². The number of furan rings is 1. The van der Waals surface area contributed by atoms with Gasteiger partial charge in [-0.25, -0.2) is 13.2 Å². The van der Waals surface area contributed by atoms with Gasteiger partial charge in [0.15, 0.2) is 15.6 Å². The molecule has 1 heterocycles. The molecule has 0 aliphatic heterocycles. The molecule has 8 heteroatoms. The summed E-state index contributed by atoms with van der Waals surface area (Å²) in [4.78, 5) is 23.0. The Labute approximate surface area is 157 Å². The van der Waals surface area contributed by atoms with Gasteiger partial charge in [-0.2, -0.15) is 0 Å². The first-order valence-corrected chi connectivity index (χ1v) is 10.5. The second kappa shape index (κ2) is 7.96. The highest BCUT2D eigenvalue weighted by molar-refractivity contribution is 7.91. The molecule has 7 nitrogen and oxygen atoms in total. The van der Waals surface area contributed by atoms with Gasteiger partial charge in [0.1, 0.15) is 6.26 Å². The number of carboxylic acids is 1. The molecule has 0 atom stereocenters. The van der Waals surface area contributed by atoms with Crippen molar-refractivity contribution >= 4 is 27.4 Å².